The summed E-state index contributed by atoms with van der Waals surface area (Å²) in [6, 6.07) is 7.03. The molecule has 0 unspecified atom stereocenters. The first-order valence-electron chi connectivity index (χ1n) is 8.06. The first kappa shape index (κ1) is 18.2. The quantitative estimate of drug-likeness (QED) is 0.741. The van der Waals surface area contributed by atoms with Gasteiger partial charge < -0.3 is 15.5 Å². The van der Waals surface area contributed by atoms with Gasteiger partial charge in [0.2, 0.25) is 5.91 Å². The molecular formula is C17H25ClN2O3. The standard InChI is InChI=1S/C17H25ClN2O3/c1-2-7-17(12-21)11-20(8-6-15(17)22)10-16(23)19-14-5-3-4-13(18)9-14/h3-5,9,15,21-22H,2,6-8,10-12H2,1H3,(H,19,23)/t15-,17+/m1/s1. The summed E-state index contributed by atoms with van der Waals surface area (Å²) in [5.41, 5.74) is 0.144. The van der Waals surface area contributed by atoms with Crippen molar-refractivity contribution in [1.82, 2.24) is 4.90 Å². The van der Waals surface area contributed by atoms with E-state index in [1.54, 1.807) is 24.3 Å². The van der Waals surface area contributed by atoms with Gasteiger partial charge >= 0.3 is 0 Å². The highest BCUT2D eigenvalue weighted by atomic mass is 35.5. The molecule has 1 aromatic rings. The third-order valence-corrected chi connectivity index (χ3v) is 4.74. The molecule has 1 aliphatic rings. The molecule has 3 N–H and O–H groups in total. The molecule has 1 fully saturated rings. The second-order valence-corrected chi connectivity index (χ2v) is 6.78. The minimum absolute atomic E-state index is 0.0611. The molecule has 0 aromatic heterocycles. The number of hydrogen-bond acceptors (Lipinski definition) is 4. The lowest BCUT2D eigenvalue weighted by molar-refractivity contribution is -0.121. The maximum atomic E-state index is 12.2. The highest BCUT2D eigenvalue weighted by molar-refractivity contribution is 6.30. The van der Waals surface area contributed by atoms with Crippen molar-refractivity contribution in [3.8, 4) is 0 Å². The van der Waals surface area contributed by atoms with Crippen LogP contribution in [0.1, 0.15) is 26.2 Å². The van der Waals surface area contributed by atoms with Crippen molar-refractivity contribution in [3.05, 3.63) is 29.3 Å². The fraction of sp³-hybridized carbons (Fsp3) is 0.588. The van der Waals surface area contributed by atoms with Gasteiger partial charge in [-0.15, -0.1) is 0 Å². The van der Waals surface area contributed by atoms with Crippen LogP contribution in [0.3, 0.4) is 0 Å². The molecule has 1 heterocycles. The number of amides is 1. The fourth-order valence-corrected chi connectivity index (χ4v) is 3.51. The zero-order valence-electron chi connectivity index (χ0n) is 13.5. The van der Waals surface area contributed by atoms with Gasteiger partial charge in [-0.3, -0.25) is 9.69 Å². The molecular weight excluding hydrogens is 316 g/mol. The number of anilines is 1. The van der Waals surface area contributed by atoms with Crippen molar-refractivity contribution in [2.75, 3.05) is 31.6 Å². The SMILES string of the molecule is CCC[C@@]1(CO)CN(CC(=O)Nc2cccc(Cl)c2)CC[C@H]1O. The number of aliphatic hydroxyl groups is 2. The Kier molecular flexibility index (Phi) is 6.41. The molecule has 0 saturated carbocycles. The third-order valence-electron chi connectivity index (χ3n) is 4.50. The molecule has 1 aromatic carbocycles. The Morgan fingerprint density at radius 3 is 2.96 bits per heavy atom. The topological polar surface area (TPSA) is 72.8 Å². The van der Waals surface area contributed by atoms with E-state index in [1.165, 1.54) is 0 Å². The Balaban J connectivity index is 1.95. The molecule has 0 spiro atoms. The monoisotopic (exact) mass is 340 g/mol. The molecule has 0 radical (unpaired) electrons. The van der Waals surface area contributed by atoms with E-state index in [4.69, 9.17) is 11.6 Å². The number of benzene rings is 1. The van der Waals surface area contributed by atoms with E-state index in [1.807, 2.05) is 11.8 Å². The number of nitrogens with one attached hydrogen (secondary N) is 1. The Hall–Kier alpha value is -1.14. The van der Waals surface area contributed by atoms with E-state index in [9.17, 15) is 15.0 Å². The average molecular weight is 341 g/mol. The summed E-state index contributed by atoms with van der Waals surface area (Å²) in [5.74, 6) is -0.119. The number of carbonyl (C=O) groups excluding carboxylic acids is 1. The molecule has 128 valence electrons. The number of nitrogens with zero attached hydrogens (tertiary/aromatic N) is 1. The summed E-state index contributed by atoms with van der Waals surface area (Å²) in [7, 11) is 0. The summed E-state index contributed by atoms with van der Waals surface area (Å²) in [4.78, 5) is 14.2. The number of likely N-dealkylation sites (tertiary alicyclic amines) is 1. The van der Waals surface area contributed by atoms with Crippen molar-refractivity contribution in [2.24, 2.45) is 5.41 Å². The van der Waals surface area contributed by atoms with Crippen molar-refractivity contribution < 1.29 is 15.0 Å². The molecule has 2 rings (SSSR count). The van der Waals surface area contributed by atoms with Crippen LogP contribution in [-0.4, -0.2) is 53.4 Å². The van der Waals surface area contributed by atoms with Crippen LogP contribution in [0, 0.1) is 5.41 Å². The molecule has 6 heteroatoms. The Labute approximate surface area is 142 Å². The predicted molar refractivity (Wildman–Crippen MR) is 91.6 cm³/mol. The van der Waals surface area contributed by atoms with Gasteiger partial charge in [0.05, 0.1) is 19.3 Å². The van der Waals surface area contributed by atoms with Crippen LogP contribution in [-0.2, 0) is 4.79 Å². The van der Waals surface area contributed by atoms with Crippen molar-refractivity contribution >= 4 is 23.2 Å². The number of hydrogen-bond donors (Lipinski definition) is 3. The molecule has 0 aliphatic carbocycles. The van der Waals surface area contributed by atoms with Crippen LogP contribution in [0.25, 0.3) is 0 Å². The lowest BCUT2D eigenvalue weighted by Gasteiger charge is -2.45. The largest absolute Gasteiger partial charge is 0.396 e. The van der Waals surface area contributed by atoms with Gasteiger partial charge in [0.15, 0.2) is 0 Å². The second-order valence-electron chi connectivity index (χ2n) is 6.34. The molecule has 1 aliphatic heterocycles. The van der Waals surface area contributed by atoms with Gasteiger partial charge in [-0.25, -0.2) is 0 Å². The lowest BCUT2D eigenvalue weighted by atomic mass is 9.74. The Bertz CT molecular complexity index is 540. The van der Waals surface area contributed by atoms with Crippen molar-refractivity contribution in [1.29, 1.82) is 0 Å². The van der Waals surface area contributed by atoms with E-state index in [0.29, 0.717) is 30.2 Å². The van der Waals surface area contributed by atoms with Crippen LogP contribution in [0.15, 0.2) is 24.3 Å². The van der Waals surface area contributed by atoms with E-state index in [2.05, 4.69) is 5.32 Å². The first-order valence-corrected chi connectivity index (χ1v) is 8.43. The minimum Gasteiger partial charge on any atom is -0.396 e. The van der Waals surface area contributed by atoms with Gasteiger partial charge in [-0.2, -0.15) is 0 Å². The van der Waals surface area contributed by atoms with E-state index >= 15 is 0 Å². The zero-order chi connectivity index (χ0) is 16.9. The summed E-state index contributed by atoms with van der Waals surface area (Å²) >= 11 is 5.91. The maximum absolute atomic E-state index is 12.2. The summed E-state index contributed by atoms with van der Waals surface area (Å²) in [6.45, 7) is 3.39. The molecule has 5 nitrogen and oxygen atoms in total. The predicted octanol–water partition coefficient (Wildman–Crippen LogP) is 2.12. The van der Waals surface area contributed by atoms with E-state index in [-0.39, 0.29) is 19.1 Å². The van der Waals surface area contributed by atoms with Gasteiger partial charge in [-0.1, -0.05) is 31.0 Å². The van der Waals surface area contributed by atoms with Crippen LogP contribution >= 0.6 is 11.6 Å². The number of aliphatic hydroxyl groups excluding tert-OH is 2. The van der Waals surface area contributed by atoms with Crippen LogP contribution in [0.4, 0.5) is 5.69 Å². The highest BCUT2D eigenvalue weighted by Gasteiger charge is 2.41. The molecule has 1 saturated heterocycles. The van der Waals surface area contributed by atoms with E-state index < -0.39 is 11.5 Å². The summed E-state index contributed by atoms with van der Waals surface area (Å²) in [6.07, 6.45) is 1.70. The number of halogens is 1. The highest BCUT2D eigenvalue weighted by Crippen LogP contribution is 2.34. The summed E-state index contributed by atoms with van der Waals surface area (Å²) in [5, 5.41) is 23.4. The number of piperidine rings is 1. The van der Waals surface area contributed by atoms with Gasteiger partial charge in [0, 0.05) is 29.2 Å². The Morgan fingerprint density at radius 2 is 2.30 bits per heavy atom. The molecule has 1 amide bonds. The normalized spacial score (nSPS) is 25.3. The Morgan fingerprint density at radius 1 is 1.52 bits per heavy atom. The first-order chi connectivity index (χ1) is 11.0. The van der Waals surface area contributed by atoms with Gasteiger partial charge in [0.1, 0.15) is 0 Å². The fourth-order valence-electron chi connectivity index (χ4n) is 3.32. The molecule has 0 bridgehead atoms. The smallest absolute Gasteiger partial charge is 0.238 e. The third kappa shape index (κ3) is 4.67. The average Bonchev–Trinajstić information content (AvgIpc) is 2.51. The number of rotatable bonds is 6. The van der Waals surface area contributed by atoms with Crippen LogP contribution < -0.4 is 5.32 Å². The molecule has 2 atom stereocenters. The minimum atomic E-state index is -0.524. The second kappa shape index (κ2) is 8.11. The number of carbonyl (C=O) groups is 1. The van der Waals surface area contributed by atoms with E-state index in [0.717, 1.165) is 12.8 Å². The van der Waals surface area contributed by atoms with Crippen LogP contribution in [0.2, 0.25) is 5.02 Å². The lowest BCUT2D eigenvalue weighted by Crippen LogP contribution is -2.55. The van der Waals surface area contributed by atoms with Crippen molar-refractivity contribution in [2.45, 2.75) is 32.3 Å². The molecule has 23 heavy (non-hydrogen) atoms. The summed E-state index contributed by atoms with van der Waals surface area (Å²) < 4.78 is 0. The van der Waals surface area contributed by atoms with Gasteiger partial charge in [-0.05, 0) is 31.0 Å². The zero-order valence-corrected chi connectivity index (χ0v) is 14.2. The maximum Gasteiger partial charge on any atom is 0.238 e. The van der Waals surface area contributed by atoms with Crippen LogP contribution in [0.5, 0.6) is 0 Å². The van der Waals surface area contributed by atoms with Gasteiger partial charge in [0.25, 0.3) is 0 Å². The van der Waals surface area contributed by atoms with Crippen molar-refractivity contribution in [3.63, 3.8) is 0 Å².